The molecule has 26 heavy (non-hydrogen) atoms. The molecular formula is C19H19N5OS. The highest BCUT2D eigenvalue weighted by atomic mass is 32.2. The van der Waals surface area contributed by atoms with E-state index in [1.165, 1.54) is 11.8 Å². The molecule has 0 spiro atoms. The van der Waals surface area contributed by atoms with E-state index in [1.807, 2.05) is 52.0 Å². The number of nitrogens with zero attached hydrogens (tertiary/aromatic N) is 4. The Morgan fingerprint density at radius 1 is 1.15 bits per heavy atom. The van der Waals surface area contributed by atoms with Crippen molar-refractivity contribution < 1.29 is 4.79 Å². The van der Waals surface area contributed by atoms with E-state index in [9.17, 15) is 4.79 Å². The van der Waals surface area contributed by atoms with E-state index in [4.69, 9.17) is 0 Å². The van der Waals surface area contributed by atoms with E-state index >= 15 is 0 Å². The Kier molecular flexibility index (Phi) is 4.03. The predicted molar refractivity (Wildman–Crippen MR) is 103 cm³/mol. The molecule has 0 fully saturated rings. The van der Waals surface area contributed by atoms with Crippen molar-refractivity contribution in [3.8, 4) is 0 Å². The number of H-pyrrole nitrogens is 1. The van der Waals surface area contributed by atoms with Gasteiger partial charge >= 0.3 is 0 Å². The maximum atomic E-state index is 12.8. The molecular weight excluding hydrogens is 346 g/mol. The first kappa shape index (κ1) is 16.8. The molecule has 0 unspecified atom stereocenters. The number of thioether (sulfide) groups is 1. The number of hydrogen-bond donors (Lipinski definition) is 1. The summed E-state index contributed by atoms with van der Waals surface area (Å²) in [6.07, 6.45) is 0. The fourth-order valence-corrected chi connectivity index (χ4v) is 3.83. The second-order valence-electron chi connectivity index (χ2n) is 6.40. The van der Waals surface area contributed by atoms with Gasteiger partial charge in [0.15, 0.2) is 5.78 Å². The van der Waals surface area contributed by atoms with Crippen LogP contribution >= 0.6 is 11.8 Å². The topological polar surface area (TPSA) is 75.9 Å². The van der Waals surface area contributed by atoms with Crippen LogP contribution in [-0.4, -0.2) is 36.1 Å². The third-order valence-corrected chi connectivity index (χ3v) is 5.58. The van der Waals surface area contributed by atoms with Crippen molar-refractivity contribution in [1.29, 1.82) is 0 Å². The molecule has 3 heterocycles. The van der Waals surface area contributed by atoms with Crippen LogP contribution < -0.4 is 0 Å². The summed E-state index contributed by atoms with van der Waals surface area (Å²) in [7, 11) is 0. The van der Waals surface area contributed by atoms with Gasteiger partial charge in [0.25, 0.3) is 5.78 Å². The lowest BCUT2D eigenvalue weighted by Gasteiger charge is -2.04. The zero-order valence-corrected chi connectivity index (χ0v) is 15.9. The Morgan fingerprint density at radius 3 is 2.73 bits per heavy atom. The Hall–Kier alpha value is -2.67. The fourth-order valence-electron chi connectivity index (χ4n) is 3.14. The molecule has 0 aliphatic heterocycles. The highest BCUT2D eigenvalue weighted by molar-refractivity contribution is 7.99. The number of aromatic amines is 1. The average molecular weight is 365 g/mol. The quantitative estimate of drug-likeness (QED) is 0.439. The predicted octanol–water partition coefficient (Wildman–Crippen LogP) is 3.81. The van der Waals surface area contributed by atoms with Gasteiger partial charge in [-0.05, 0) is 39.3 Å². The number of ketones is 1. The van der Waals surface area contributed by atoms with E-state index in [-0.39, 0.29) is 11.5 Å². The molecule has 1 N–H and O–H groups in total. The smallest absolute Gasteiger partial charge is 0.253 e. The number of para-hydroxylation sites is 1. The number of benzene rings is 1. The van der Waals surface area contributed by atoms with Gasteiger partial charge in [-0.25, -0.2) is 9.50 Å². The van der Waals surface area contributed by atoms with Crippen LogP contribution in [-0.2, 0) is 0 Å². The number of aryl methyl sites for hydroxylation is 3. The first-order valence-electron chi connectivity index (χ1n) is 8.39. The third kappa shape index (κ3) is 2.68. The van der Waals surface area contributed by atoms with Gasteiger partial charge in [0.05, 0.1) is 5.75 Å². The maximum Gasteiger partial charge on any atom is 0.253 e. The Bertz CT molecular complexity index is 1160. The molecule has 0 aliphatic carbocycles. The Balaban J connectivity index is 1.61. The summed E-state index contributed by atoms with van der Waals surface area (Å²) in [6, 6.07) is 7.86. The van der Waals surface area contributed by atoms with E-state index in [1.54, 1.807) is 4.52 Å². The second kappa shape index (κ2) is 6.25. The molecule has 4 rings (SSSR count). The molecule has 0 aliphatic rings. The van der Waals surface area contributed by atoms with Crippen molar-refractivity contribution in [2.24, 2.45) is 0 Å². The van der Waals surface area contributed by atoms with Crippen LogP contribution in [0, 0.1) is 27.7 Å². The van der Waals surface area contributed by atoms with Crippen LogP contribution in [0.15, 0.2) is 29.4 Å². The average Bonchev–Trinajstić information content (AvgIpc) is 3.17. The Labute approximate surface area is 155 Å². The van der Waals surface area contributed by atoms with Crippen LogP contribution in [0.4, 0.5) is 0 Å². The molecule has 0 radical (unpaired) electrons. The highest BCUT2D eigenvalue weighted by Crippen LogP contribution is 2.25. The van der Waals surface area contributed by atoms with Crippen molar-refractivity contribution in [2.75, 3.05) is 5.75 Å². The molecule has 0 saturated heterocycles. The molecule has 0 amide bonds. The zero-order chi connectivity index (χ0) is 18.4. The van der Waals surface area contributed by atoms with Crippen LogP contribution in [0.5, 0.6) is 0 Å². The minimum atomic E-state index is 0.0702. The van der Waals surface area contributed by atoms with Gasteiger partial charge in [-0.3, -0.25) is 4.79 Å². The van der Waals surface area contributed by atoms with E-state index in [0.29, 0.717) is 10.9 Å². The molecule has 1 aromatic carbocycles. The lowest BCUT2D eigenvalue weighted by Crippen LogP contribution is -2.04. The van der Waals surface area contributed by atoms with Gasteiger partial charge in [-0.1, -0.05) is 30.0 Å². The summed E-state index contributed by atoms with van der Waals surface area (Å²) in [5.41, 5.74) is 5.69. The van der Waals surface area contributed by atoms with Crippen molar-refractivity contribution in [3.63, 3.8) is 0 Å². The molecule has 6 nitrogen and oxygen atoms in total. The van der Waals surface area contributed by atoms with Crippen molar-refractivity contribution >= 4 is 34.2 Å². The van der Waals surface area contributed by atoms with E-state index in [0.717, 1.165) is 39.1 Å². The number of aromatic nitrogens is 5. The summed E-state index contributed by atoms with van der Waals surface area (Å²) < 4.78 is 1.74. The largest absolute Gasteiger partial charge is 0.358 e. The molecule has 0 atom stereocenters. The molecule has 3 aromatic heterocycles. The van der Waals surface area contributed by atoms with E-state index < -0.39 is 0 Å². The van der Waals surface area contributed by atoms with Crippen LogP contribution in [0.2, 0.25) is 0 Å². The molecule has 0 saturated carbocycles. The molecule has 4 aromatic rings. The van der Waals surface area contributed by atoms with Crippen molar-refractivity contribution in [1.82, 2.24) is 24.6 Å². The normalized spacial score (nSPS) is 11.5. The lowest BCUT2D eigenvalue weighted by atomic mass is 10.1. The third-order valence-electron chi connectivity index (χ3n) is 4.75. The van der Waals surface area contributed by atoms with Crippen LogP contribution in [0.3, 0.4) is 0 Å². The highest BCUT2D eigenvalue weighted by Gasteiger charge is 2.18. The number of fused-ring (bicyclic) bond motifs is 2. The van der Waals surface area contributed by atoms with Crippen LogP contribution in [0.25, 0.3) is 16.7 Å². The van der Waals surface area contributed by atoms with Crippen LogP contribution in [0.1, 0.15) is 33.0 Å². The Morgan fingerprint density at radius 2 is 1.92 bits per heavy atom. The minimum Gasteiger partial charge on any atom is -0.358 e. The van der Waals surface area contributed by atoms with Gasteiger partial charge in [0.2, 0.25) is 5.16 Å². The van der Waals surface area contributed by atoms with Gasteiger partial charge in [0.1, 0.15) is 0 Å². The number of hydrogen-bond acceptors (Lipinski definition) is 5. The summed E-state index contributed by atoms with van der Waals surface area (Å²) in [5.74, 6) is 0.931. The van der Waals surface area contributed by atoms with Gasteiger partial charge in [-0.2, -0.15) is 4.98 Å². The van der Waals surface area contributed by atoms with Crippen molar-refractivity contribution in [2.45, 2.75) is 32.9 Å². The van der Waals surface area contributed by atoms with Crippen molar-refractivity contribution in [3.05, 3.63) is 52.5 Å². The number of carbonyl (C=O) groups is 1. The number of carbonyl (C=O) groups excluding carboxylic acids is 1. The zero-order valence-electron chi connectivity index (χ0n) is 15.1. The maximum absolute atomic E-state index is 12.8. The molecule has 7 heteroatoms. The standard InChI is InChI=1S/C19H19N5OS/c1-10-11(2)21-18-22-19(23-24(18)13(10)4)26-9-16(25)17-12(3)20-15-8-6-5-7-14(15)17/h5-8,20H,9H2,1-4H3. The fraction of sp³-hybridized carbons (Fsp3) is 0.263. The summed E-state index contributed by atoms with van der Waals surface area (Å²) in [4.78, 5) is 25.0. The van der Waals surface area contributed by atoms with Gasteiger partial charge < -0.3 is 4.98 Å². The first-order valence-corrected chi connectivity index (χ1v) is 9.38. The van der Waals surface area contributed by atoms with E-state index in [2.05, 4.69) is 20.1 Å². The number of nitrogens with one attached hydrogen (secondary N) is 1. The summed E-state index contributed by atoms with van der Waals surface area (Å²) in [5, 5.41) is 6.02. The SMILES string of the molecule is Cc1nc2nc(SCC(=O)c3c(C)[nH]c4ccccc34)nn2c(C)c1C. The minimum absolute atomic E-state index is 0.0702. The molecule has 132 valence electrons. The number of Topliss-reactive ketones (excluding diaryl/α,β-unsaturated/α-hetero) is 1. The number of rotatable bonds is 4. The second-order valence-corrected chi connectivity index (χ2v) is 7.34. The van der Waals surface area contributed by atoms with Gasteiger partial charge in [0, 0.05) is 33.5 Å². The van der Waals surface area contributed by atoms with Gasteiger partial charge in [-0.15, -0.1) is 5.10 Å². The summed E-state index contributed by atoms with van der Waals surface area (Å²) in [6.45, 7) is 7.92. The first-order chi connectivity index (χ1) is 12.5. The molecule has 0 bridgehead atoms. The summed E-state index contributed by atoms with van der Waals surface area (Å²) >= 11 is 1.34. The monoisotopic (exact) mass is 365 g/mol. The lowest BCUT2D eigenvalue weighted by molar-refractivity contribution is 0.102.